The Kier molecular flexibility index (Phi) is 4.43. The van der Waals surface area contributed by atoms with Gasteiger partial charge in [0.2, 0.25) is 5.91 Å². The molecule has 0 saturated carbocycles. The molecule has 2 aromatic carbocycles. The fraction of sp³-hybridized carbons (Fsp3) is 0.158. The van der Waals surface area contributed by atoms with Gasteiger partial charge in [-0.3, -0.25) is 14.5 Å². The van der Waals surface area contributed by atoms with Gasteiger partial charge in [-0.15, -0.1) is 0 Å². The van der Waals surface area contributed by atoms with E-state index in [-0.39, 0.29) is 18.4 Å². The van der Waals surface area contributed by atoms with Gasteiger partial charge in [0.25, 0.3) is 5.91 Å². The predicted molar refractivity (Wildman–Crippen MR) is 94.7 cm³/mol. The zero-order valence-electron chi connectivity index (χ0n) is 14.0. The first-order chi connectivity index (χ1) is 12.0. The fourth-order valence-corrected chi connectivity index (χ4v) is 2.74. The molecule has 0 saturated heterocycles. The van der Waals surface area contributed by atoms with Crippen LogP contribution in [-0.2, 0) is 4.79 Å². The van der Waals surface area contributed by atoms with E-state index in [1.165, 1.54) is 12.0 Å². The Hall–Kier alpha value is -3.28. The van der Waals surface area contributed by atoms with Gasteiger partial charge in [-0.25, -0.2) is 0 Å². The van der Waals surface area contributed by atoms with Crippen LogP contribution >= 0.6 is 0 Å². The molecule has 0 fully saturated rings. The van der Waals surface area contributed by atoms with Crippen LogP contribution in [0.4, 0.5) is 5.69 Å². The monoisotopic (exact) mass is 338 g/mol. The Morgan fingerprint density at radius 2 is 1.84 bits per heavy atom. The Morgan fingerprint density at radius 1 is 1.12 bits per heavy atom. The lowest BCUT2D eigenvalue weighted by molar-refractivity contribution is -0.116. The minimum Gasteiger partial charge on any atom is -0.497 e. The van der Waals surface area contributed by atoms with Crippen molar-refractivity contribution in [3.63, 3.8) is 0 Å². The minimum absolute atomic E-state index is 0.123. The van der Waals surface area contributed by atoms with Gasteiger partial charge in [0, 0.05) is 22.9 Å². The summed E-state index contributed by atoms with van der Waals surface area (Å²) in [6.45, 7) is 3.80. The zero-order valence-corrected chi connectivity index (χ0v) is 14.0. The summed E-state index contributed by atoms with van der Waals surface area (Å²) in [5.41, 5.74) is 2.34. The molecule has 0 unspecified atom stereocenters. The van der Waals surface area contributed by atoms with Crippen molar-refractivity contribution in [2.24, 2.45) is 0 Å². The minimum atomic E-state index is -0.342. The molecule has 6 heteroatoms. The molecular weight excluding hydrogens is 320 g/mol. The highest BCUT2D eigenvalue weighted by atomic mass is 16.5. The zero-order chi connectivity index (χ0) is 18.0. The number of hydrogen-bond acceptors (Lipinski definition) is 4. The Bertz CT molecular complexity index is 825. The first kappa shape index (κ1) is 16.6. The van der Waals surface area contributed by atoms with Crippen molar-refractivity contribution in [2.45, 2.75) is 0 Å². The second kappa shape index (κ2) is 6.68. The van der Waals surface area contributed by atoms with Crippen molar-refractivity contribution in [1.29, 1.82) is 0 Å². The maximum Gasteiger partial charge on any atom is 0.259 e. The number of fused-ring (bicyclic) bond motifs is 1. The topological polar surface area (TPSA) is 67.9 Å². The van der Waals surface area contributed by atoms with Crippen molar-refractivity contribution < 1.29 is 19.1 Å². The molecule has 0 radical (unpaired) electrons. The van der Waals surface area contributed by atoms with Crippen molar-refractivity contribution in [2.75, 3.05) is 26.1 Å². The first-order valence-electron chi connectivity index (χ1n) is 7.67. The normalized spacial score (nSPS) is 12.8. The van der Waals surface area contributed by atoms with Gasteiger partial charge in [0.15, 0.2) is 0 Å². The number of nitrogens with one attached hydrogen (secondary N) is 1. The quantitative estimate of drug-likeness (QED) is 0.910. The molecule has 1 aliphatic rings. The highest BCUT2D eigenvalue weighted by Crippen LogP contribution is 2.32. The van der Waals surface area contributed by atoms with Crippen molar-refractivity contribution in [1.82, 2.24) is 4.90 Å². The number of anilines is 1. The fourth-order valence-electron chi connectivity index (χ4n) is 2.74. The highest BCUT2D eigenvalue weighted by Gasteiger charge is 2.31. The van der Waals surface area contributed by atoms with Crippen molar-refractivity contribution in [3.05, 3.63) is 60.2 Å². The third-order valence-corrected chi connectivity index (χ3v) is 4.02. The van der Waals surface area contributed by atoms with Crippen LogP contribution < -0.4 is 14.8 Å². The Morgan fingerprint density at radius 3 is 2.48 bits per heavy atom. The third kappa shape index (κ3) is 3.06. The van der Waals surface area contributed by atoms with E-state index < -0.39 is 0 Å². The van der Waals surface area contributed by atoms with E-state index in [2.05, 4.69) is 11.9 Å². The van der Waals surface area contributed by atoms with Gasteiger partial charge in [0.1, 0.15) is 18.0 Å². The largest absolute Gasteiger partial charge is 0.497 e. The van der Waals surface area contributed by atoms with Gasteiger partial charge in [0.05, 0.1) is 19.9 Å². The van der Waals surface area contributed by atoms with E-state index in [0.29, 0.717) is 28.4 Å². The van der Waals surface area contributed by atoms with Crippen LogP contribution in [0.3, 0.4) is 0 Å². The summed E-state index contributed by atoms with van der Waals surface area (Å²) in [4.78, 5) is 26.2. The average Bonchev–Trinajstić information content (AvgIpc) is 2.87. The number of carbonyl (C=O) groups is 2. The molecule has 2 amide bonds. The number of carbonyl (C=O) groups excluding carboxylic acids is 2. The first-order valence-corrected chi connectivity index (χ1v) is 7.67. The highest BCUT2D eigenvalue weighted by molar-refractivity contribution is 6.11. The van der Waals surface area contributed by atoms with E-state index in [9.17, 15) is 9.59 Å². The molecule has 6 nitrogen and oxygen atoms in total. The standard InChI is InChI=1S/C19H18N2O4/c1-12-14-6-4-5-7-15(14)19(23)21(12)11-18(22)20-16-9-8-13(24-2)10-17(16)25-3/h4-10H,1,11H2,2-3H3,(H,20,22). The van der Waals surface area contributed by atoms with Crippen LogP contribution in [0.5, 0.6) is 11.5 Å². The number of nitrogens with zero attached hydrogens (tertiary/aromatic N) is 1. The molecule has 1 N–H and O–H groups in total. The molecule has 0 spiro atoms. The SMILES string of the molecule is C=C1c2ccccc2C(=O)N1CC(=O)Nc1ccc(OC)cc1OC. The lowest BCUT2D eigenvalue weighted by Gasteiger charge is -2.18. The van der Waals surface area contributed by atoms with Crippen molar-refractivity contribution in [3.8, 4) is 11.5 Å². The van der Waals surface area contributed by atoms with Crippen LogP contribution in [0.1, 0.15) is 15.9 Å². The van der Waals surface area contributed by atoms with Crippen LogP contribution in [-0.4, -0.2) is 37.5 Å². The molecule has 0 bridgehead atoms. The van der Waals surface area contributed by atoms with E-state index in [1.54, 1.807) is 37.4 Å². The molecule has 0 aromatic heterocycles. The summed E-state index contributed by atoms with van der Waals surface area (Å²) in [7, 11) is 3.06. The predicted octanol–water partition coefficient (Wildman–Crippen LogP) is 2.77. The van der Waals surface area contributed by atoms with Gasteiger partial charge >= 0.3 is 0 Å². The second-order valence-corrected chi connectivity index (χ2v) is 5.50. The van der Waals surface area contributed by atoms with Crippen LogP contribution in [0.25, 0.3) is 5.70 Å². The van der Waals surface area contributed by atoms with Gasteiger partial charge < -0.3 is 14.8 Å². The Balaban J connectivity index is 1.74. The lowest BCUT2D eigenvalue weighted by atomic mass is 10.1. The summed E-state index contributed by atoms with van der Waals surface area (Å²) in [6.07, 6.45) is 0. The number of rotatable bonds is 5. The summed E-state index contributed by atoms with van der Waals surface area (Å²) in [5.74, 6) is 0.527. The second-order valence-electron chi connectivity index (χ2n) is 5.50. The molecule has 25 heavy (non-hydrogen) atoms. The van der Waals surface area contributed by atoms with E-state index in [0.717, 1.165) is 5.56 Å². The van der Waals surface area contributed by atoms with E-state index in [4.69, 9.17) is 9.47 Å². The molecule has 2 aromatic rings. The van der Waals surface area contributed by atoms with Gasteiger partial charge in [-0.05, 0) is 18.2 Å². The molecule has 128 valence electrons. The number of benzene rings is 2. The summed E-state index contributed by atoms with van der Waals surface area (Å²) in [6, 6.07) is 12.2. The molecular formula is C19H18N2O4. The maximum absolute atomic E-state index is 12.4. The maximum atomic E-state index is 12.4. The Labute approximate surface area is 145 Å². The summed E-state index contributed by atoms with van der Waals surface area (Å²) < 4.78 is 10.4. The molecule has 3 rings (SSSR count). The molecule has 0 aliphatic carbocycles. The molecule has 1 heterocycles. The van der Waals surface area contributed by atoms with E-state index in [1.807, 2.05) is 12.1 Å². The molecule has 1 aliphatic heterocycles. The number of hydrogen-bond donors (Lipinski definition) is 1. The smallest absolute Gasteiger partial charge is 0.259 e. The van der Waals surface area contributed by atoms with Gasteiger partial charge in [-0.1, -0.05) is 24.8 Å². The number of methoxy groups -OCH3 is 2. The average molecular weight is 338 g/mol. The van der Waals surface area contributed by atoms with Crippen LogP contribution in [0.15, 0.2) is 49.0 Å². The van der Waals surface area contributed by atoms with E-state index >= 15 is 0 Å². The molecule has 0 atom stereocenters. The van der Waals surface area contributed by atoms with Crippen LogP contribution in [0, 0.1) is 0 Å². The number of ether oxygens (including phenoxy) is 2. The van der Waals surface area contributed by atoms with Crippen molar-refractivity contribution >= 4 is 23.2 Å². The van der Waals surface area contributed by atoms with Crippen LogP contribution in [0.2, 0.25) is 0 Å². The number of amides is 2. The third-order valence-electron chi connectivity index (χ3n) is 4.02. The summed E-state index contributed by atoms with van der Waals surface area (Å²) >= 11 is 0. The lowest BCUT2D eigenvalue weighted by Crippen LogP contribution is -2.32. The summed E-state index contributed by atoms with van der Waals surface area (Å²) in [5, 5.41) is 2.75. The van der Waals surface area contributed by atoms with Gasteiger partial charge in [-0.2, -0.15) is 0 Å².